The summed E-state index contributed by atoms with van der Waals surface area (Å²) in [5, 5.41) is 11.9. The summed E-state index contributed by atoms with van der Waals surface area (Å²) in [5.74, 6) is -1.79. The van der Waals surface area contributed by atoms with Crippen molar-refractivity contribution >= 4 is 58.5 Å². The van der Waals surface area contributed by atoms with Crippen LogP contribution in [0.15, 0.2) is 64.6 Å². The zero-order chi connectivity index (χ0) is 23.0. The second-order valence-corrected chi connectivity index (χ2v) is 7.74. The van der Waals surface area contributed by atoms with Crippen molar-refractivity contribution in [2.24, 2.45) is 0 Å². The third kappa shape index (κ3) is 3.93. The first-order valence-electron chi connectivity index (χ1n) is 9.36. The minimum atomic E-state index is -1.16. The van der Waals surface area contributed by atoms with Gasteiger partial charge in [-0.3, -0.25) is 19.8 Å². The van der Waals surface area contributed by atoms with Crippen LogP contribution in [0.3, 0.4) is 0 Å². The van der Waals surface area contributed by atoms with Gasteiger partial charge in [0.15, 0.2) is 5.11 Å². The fourth-order valence-electron chi connectivity index (χ4n) is 3.26. The van der Waals surface area contributed by atoms with Crippen LogP contribution in [-0.2, 0) is 9.59 Å². The zero-order valence-electron chi connectivity index (χ0n) is 16.6. The van der Waals surface area contributed by atoms with Gasteiger partial charge in [-0.15, -0.1) is 0 Å². The number of aryl methyl sites for hydroxylation is 1. The average molecular weight is 467 g/mol. The topological polar surface area (TPSA) is 99.8 Å². The van der Waals surface area contributed by atoms with E-state index in [9.17, 15) is 19.5 Å². The number of carboxylic acids is 1. The van der Waals surface area contributed by atoms with E-state index in [-0.39, 0.29) is 27.0 Å². The molecule has 0 bridgehead atoms. The molecule has 0 saturated carbocycles. The molecule has 1 aromatic heterocycles. The number of nitrogens with zero attached hydrogens (tertiary/aromatic N) is 1. The molecular formula is C23H15ClN2O5S. The molecule has 0 aliphatic carbocycles. The number of carbonyl (C=O) groups is 3. The number of hydrogen-bond donors (Lipinski definition) is 2. The molecule has 0 spiro atoms. The normalized spacial score (nSPS) is 15.2. The van der Waals surface area contributed by atoms with Gasteiger partial charge in [0.25, 0.3) is 11.8 Å². The van der Waals surface area contributed by atoms with Crippen LogP contribution in [0.25, 0.3) is 17.4 Å². The molecule has 1 saturated heterocycles. The quantitative estimate of drug-likeness (QED) is 0.335. The first-order chi connectivity index (χ1) is 15.3. The van der Waals surface area contributed by atoms with Crippen molar-refractivity contribution in [3.05, 3.63) is 82.1 Å². The van der Waals surface area contributed by atoms with Crippen molar-refractivity contribution in [2.45, 2.75) is 6.92 Å². The SMILES string of the molecule is Cc1ccccc1N1C(=O)/C(=C\c2ccc(-c3ccc(Cl)c(C(=O)O)c3)o2)C(=O)NC1=S. The van der Waals surface area contributed by atoms with Gasteiger partial charge in [0.05, 0.1) is 16.3 Å². The highest BCUT2D eigenvalue weighted by Gasteiger charge is 2.35. The van der Waals surface area contributed by atoms with Gasteiger partial charge in [-0.05, 0) is 67.2 Å². The zero-order valence-corrected chi connectivity index (χ0v) is 18.2. The molecule has 2 amide bonds. The number of para-hydroxylation sites is 1. The standard InChI is InChI=1S/C23H15ClN2O5S/c1-12-4-2-3-5-18(12)26-21(28)16(20(27)25-23(26)32)11-14-7-9-19(31-14)13-6-8-17(24)15(10-13)22(29)30/h2-11H,1H3,(H,29,30)(H,25,27,32)/b16-11-. The van der Waals surface area contributed by atoms with Crippen LogP contribution in [0.5, 0.6) is 0 Å². The monoisotopic (exact) mass is 466 g/mol. The van der Waals surface area contributed by atoms with Gasteiger partial charge in [0, 0.05) is 5.56 Å². The number of carbonyl (C=O) groups excluding carboxylic acids is 2. The summed E-state index contributed by atoms with van der Waals surface area (Å²) in [5.41, 5.74) is 1.65. The van der Waals surface area contributed by atoms with Gasteiger partial charge < -0.3 is 9.52 Å². The number of rotatable bonds is 4. The number of carboxylic acid groups (broad SMARTS) is 1. The van der Waals surface area contributed by atoms with E-state index in [0.29, 0.717) is 17.0 Å². The summed E-state index contributed by atoms with van der Waals surface area (Å²) in [6.45, 7) is 1.83. The third-order valence-electron chi connectivity index (χ3n) is 4.85. The third-order valence-corrected chi connectivity index (χ3v) is 5.47. The number of furan rings is 1. The molecule has 2 aromatic carbocycles. The second-order valence-electron chi connectivity index (χ2n) is 6.95. The fourth-order valence-corrected chi connectivity index (χ4v) is 3.73. The Morgan fingerprint density at radius 1 is 1.16 bits per heavy atom. The van der Waals surface area contributed by atoms with Crippen molar-refractivity contribution in [1.82, 2.24) is 5.32 Å². The average Bonchev–Trinajstić information content (AvgIpc) is 3.21. The van der Waals surface area contributed by atoms with E-state index in [4.69, 9.17) is 28.2 Å². The van der Waals surface area contributed by atoms with Crippen molar-refractivity contribution in [3.63, 3.8) is 0 Å². The molecule has 0 unspecified atom stereocenters. The maximum atomic E-state index is 13.1. The van der Waals surface area contributed by atoms with E-state index < -0.39 is 17.8 Å². The predicted molar refractivity (Wildman–Crippen MR) is 123 cm³/mol. The lowest BCUT2D eigenvalue weighted by atomic mass is 10.1. The molecule has 4 rings (SSSR count). The van der Waals surface area contributed by atoms with Crippen molar-refractivity contribution < 1.29 is 23.9 Å². The van der Waals surface area contributed by atoms with Gasteiger partial charge in [-0.25, -0.2) is 4.79 Å². The van der Waals surface area contributed by atoms with Crippen LogP contribution >= 0.6 is 23.8 Å². The summed E-state index contributed by atoms with van der Waals surface area (Å²) in [6, 6.07) is 14.8. The number of hydrogen-bond acceptors (Lipinski definition) is 5. The molecule has 0 radical (unpaired) electrons. The molecular weight excluding hydrogens is 452 g/mol. The maximum Gasteiger partial charge on any atom is 0.337 e. The van der Waals surface area contributed by atoms with E-state index in [0.717, 1.165) is 5.56 Å². The fraction of sp³-hybridized carbons (Fsp3) is 0.0435. The lowest BCUT2D eigenvalue weighted by Crippen LogP contribution is -2.54. The molecule has 0 atom stereocenters. The highest BCUT2D eigenvalue weighted by molar-refractivity contribution is 7.80. The van der Waals surface area contributed by atoms with Gasteiger partial charge in [0.2, 0.25) is 0 Å². The first kappa shape index (κ1) is 21.5. The number of halogens is 1. The molecule has 1 aliphatic rings. The summed E-state index contributed by atoms with van der Waals surface area (Å²) in [4.78, 5) is 38.2. The molecule has 9 heteroatoms. The molecule has 2 N–H and O–H groups in total. The number of thiocarbonyl (C=S) groups is 1. The molecule has 32 heavy (non-hydrogen) atoms. The van der Waals surface area contributed by atoms with E-state index in [1.54, 1.807) is 30.3 Å². The second kappa shape index (κ2) is 8.41. The molecule has 1 aliphatic heterocycles. The number of anilines is 1. The highest BCUT2D eigenvalue weighted by atomic mass is 35.5. The van der Waals surface area contributed by atoms with Crippen LogP contribution in [0, 0.1) is 6.92 Å². The Morgan fingerprint density at radius 2 is 1.91 bits per heavy atom. The van der Waals surface area contributed by atoms with Crippen LogP contribution in [0.4, 0.5) is 5.69 Å². The minimum Gasteiger partial charge on any atom is -0.478 e. The Morgan fingerprint density at radius 3 is 2.62 bits per heavy atom. The minimum absolute atomic E-state index is 0.00560. The van der Waals surface area contributed by atoms with Gasteiger partial charge in [0.1, 0.15) is 17.1 Å². The van der Waals surface area contributed by atoms with Gasteiger partial charge in [-0.2, -0.15) is 0 Å². The highest BCUT2D eigenvalue weighted by Crippen LogP contribution is 2.29. The lowest BCUT2D eigenvalue weighted by Gasteiger charge is -2.29. The van der Waals surface area contributed by atoms with Crippen molar-refractivity contribution in [2.75, 3.05) is 4.90 Å². The summed E-state index contributed by atoms with van der Waals surface area (Å²) in [6.07, 6.45) is 1.32. The van der Waals surface area contributed by atoms with Crippen LogP contribution in [0.1, 0.15) is 21.7 Å². The molecule has 2 heterocycles. The Hall–Kier alpha value is -3.75. The van der Waals surface area contributed by atoms with E-state index in [2.05, 4.69) is 5.32 Å². The summed E-state index contributed by atoms with van der Waals surface area (Å²) < 4.78 is 5.74. The number of benzene rings is 2. The number of amides is 2. The summed E-state index contributed by atoms with van der Waals surface area (Å²) >= 11 is 11.1. The Balaban J connectivity index is 1.69. The van der Waals surface area contributed by atoms with Crippen LogP contribution in [0.2, 0.25) is 5.02 Å². The Bertz CT molecular complexity index is 1330. The molecule has 160 valence electrons. The van der Waals surface area contributed by atoms with E-state index in [1.165, 1.54) is 23.1 Å². The predicted octanol–water partition coefficient (Wildman–Crippen LogP) is 4.44. The van der Waals surface area contributed by atoms with E-state index in [1.807, 2.05) is 19.1 Å². The smallest absolute Gasteiger partial charge is 0.337 e. The Labute approximate surface area is 192 Å². The molecule has 1 fully saturated rings. The summed E-state index contributed by atoms with van der Waals surface area (Å²) in [7, 11) is 0. The molecule has 3 aromatic rings. The lowest BCUT2D eigenvalue weighted by molar-refractivity contribution is -0.122. The largest absolute Gasteiger partial charge is 0.478 e. The maximum absolute atomic E-state index is 13.1. The molecule has 7 nitrogen and oxygen atoms in total. The van der Waals surface area contributed by atoms with E-state index >= 15 is 0 Å². The Kier molecular flexibility index (Phi) is 5.65. The van der Waals surface area contributed by atoms with Gasteiger partial charge in [-0.1, -0.05) is 29.8 Å². The van der Waals surface area contributed by atoms with Crippen molar-refractivity contribution in [3.8, 4) is 11.3 Å². The van der Waals surface area contributed by atoms with Crippen LogP contribution in [-0.4, -0.2) is 28.0 Å². The van der Waals surface area contributed by atoms with Gasteiger partial charge >= 0.3 is 5.97 Å². The van der Waals surface area contributed by atoms with Crippen molar-refractivity contribution in [1.29, 1.82) is 0 Å². The first-order valence-corrected chi connectivity index (χ1v) is 10.1. The van der Waals surface area contributed by atoms with Crippen LogP contribution < -0.4 is 10.2 Å². The number of aromatic carboxylic acids is 1. The number of nitrogens with one attached hydrogen (secondary N) is 1.